The van der Waals surface area contributed by atoms with Crippen LogP contribution in [0.25, 0.3) is 0 Å². The molecule has 0 unspecified atom stereocenters. The van der Waals surface area contributed by atoms with Gasteiger partial charge in [0.15, 0.2) is 0 Å². The van der Waals surface area contributed by atoms with Crippen molar-refractivity contribution in [2.45, 2.75) is 18.6 Å². The van der Waals surface area contributed by atoms with Gasteiger partial charge in [-0.2, -0.15) is 0 Å². The molecule has 0 fully saturated rings. The second kappa shape index (κ2) is 5.64. The highest BCUT2D eigenvalue weighted by Crippen LogP contribution is 2.17. The molecule has 2 N–H and O–H groups in total. The Kier molecular flexibility index (Phi) is 4.10. The zero-order valence-corrected chi connectivity index (χ0v) is 11.9. The van der Waals surface area contributed by atoms with Crippen molar-refractivity contribution in [3.8, 4) is 0 Å². The molecule has 0 saturated heterocycles. The number of hydrogen-bond donors (Lipinski definition) is 2. The minimum atomic E-state index is -3.57. The summed E-state index contributed by atoms with van der Waals surface area (Å²) in [5, 5.41) is 2.90. The molecule has 108 valence electrons. The lowest BCUT2D eigenvalue weighted by Crippen LogP contribution is -2.17. The molecule has 0 spiro atoms. The Morgan fingerprint density at radius 3 is 2.65 bits per heavy atom. The van der Waals surface area contributed by atoms with Crippen molar-refractivity contribution in [2.75, 3.05) is 12.4 Å². The first kappa shape index (κ1) is 14.5. The van der Waals surface area contributed by atoms with Gasteiger partial charge in [-0.1, -0.05) is 0 Å². The van der Waals surface area contributed by atoms with E-state index in [4.69, 9.17) is 4.42 Å². The smallest absolute Gasteiger partial charge is 0.273 e. The Morgan fingerprint density at radius 1 is 1.25 bits per heavy atom. The van der Waals surface area contributed by atoms with Crippen molar-refractivity contribution in [1.29, 1.82) is 0 Å². The second-order valence-corrected chi connectivity index (χ2v) is 6.06. The van der Waals surface area contributed by atoms with Crippen molar-refractivity contribution in [2.24, 2.45) is 0 Å². The number of rotatable bonds is 5. The molecule has 0 aliphatic heterocycles. The molecule has 0 aliphatic rings. The minimum absolute atomic E-state index is 0.132. The average Bonchev–Trinajstić information content (AvgIpc) is 2.90. The summed E-state index contributed by atoms with van der Waals surface area (Å²) in [5.41, 5.74) is 1.27. The Balaban J connectivity index is 2.06. The topological polar surface area (TPSA) is 71.3 Å². The first-order valence-corrected chi connectivity index (χ1v) is 7.43. The van der Waals surface area contributed by atoms with E-state index in [1.165, 1.54) is 19.2 Å². The van der Waals surface area contributed by atoms with E-state index in [0.717, 1.165) is 5.69 Å². The minimum Gasteiger partial charge on any atom is -0.446 e. The first-order chi connectivity index (χ1) is 9.42. The molecule has 2 aromatic rings. The van der Waals surface area contributed by atoms with Crippen LogP contribution in [0.1, 0.15) is 11.3 Å². The number of anilines is 1. The molecule has 0 bridgehead atoms. The van der Waals surface area contributed by atoms with E-state index in [1.807, 2.05) is 0 Å². The predicted octanol–water partition coefficient (Wildman–Crippen LogP) is 2.25. The van der Waals surface area contributed by atoms with E-state index < -0.39 is 10.0 Å². The van der Waals surface area contributed by atoms with Crippen molar-refractivity contribution < 1.29 is 17.2 Å². The van der Waals surface area contributed by atoms with Gasteiger partial charge in [-0.3, -0.25) is 0 Å². The highest BCUT2D eigenvalue weighted by atomic mass is 32.2. The standard InChI is InChI=1S/C13H15FN2O3S/c1-9-7-10(3-5-12(9)14)16-8-11-4-6-13(19-11)20(17,18)15-2/h3-7,15-16H,8H2,1-2H3. The molecule has 0 radical (unpaired) electrons. The highest BCUT2D eigenvalue weighted by Gasteiger charge is 2.16. The van der Waals surface area contributed by atoms with Crippen LogP contribution in [0, 0.1) is 12.7 Å². The fourth-order valence-corrected chi connectivity index (χ4v) is 2.31. The lowest BCUT2D eigenvalue weighted by atomic mass is 10.2. The summed E-state index contributed by atoms with van der Waals surface area (Å²) in [6, 6.07) is 7.61. The van der Waals surface area contributed by atoms with Crippen LogP contribution in [0.15, 0.2) is 39.8 Å². The fourth-order valence-electron chi connectivity index (χ4n) is 1.64. The van der Waals surface area contributed by atoms with Crippen molar-refractivity contribution in [1.82, 2.24) is 4.72 Å². The largest absolute Gasteiger partial charge is 0.446 e. The molecular weight excluding hydrogens is 283 g/mol. The second-order valence-electron chi connectivity index (χ2n) is 4.25. The SMILES string of the molecule is CNS(=O)(=O)c1ccc(CNc2ccc(F)c(C)c2)o1. The van der Waals surface area contributed by atoms with Gasteiger partial charge in [-0.05, 0) is 49.9 Å². The molecule has 5 nitrogen and oxygen atoms in total. The summed E-state index contributed by atoms with van der Waals surface area (Å²) in [7, 11) is -2.25. The van der Waals surface area contributed by atoms with E-state index in [1.54, 1.807) is 25.1 Å². The number of nitrogens with one attached hydrogen (secondary N) is 2. The number of halogens is 1. The van der Waals surface area contributed by atoms with Gasteiger partial charge < -0.3 is 9.73 Å². The van der Waals surface area contributed by atoms with Crippen molar-refractivity contribution in [3.05, 3.63) is 47.5 Å². The van der Waals surface area contributed by atoms with Crippen LogP contribution < -0.4 is 10.0 Å². The maximum Gasteiger partial charge on any atom is 0.273 e. The summed E-state index contributed by atoms with van der Waals surface area (Å²) in [5.74, 6) is 0.205. The molecule has 2 rings (SSSR count). The number of hydrogen-bond acceptors (Lipinski definition) is 4. The third-order valence-electron chi connectivity index (χ3n) is 2.80. The van der Waals surface area contributed by atoms with Crippen LogP contribution >= 0.6 is 0 Å². The molecule has 1 aromatic carbocycles. The Hall–Kier alpha value is -1.86. The molecule has 20 heavy (non-hydrogen) atoms. The van der Waals surface area contributed by atoms with Crippen LogP contribution in [-0.2, 0) is 16.6 Å². The molecule has 1 aromatic heterocycles. The Labute approximate surface area is 116 Å². The Bertz CT molecular complexity index is 710. The first-order valence-electron chi connectivity index (χ1n) is 5.94. The number of aryl methyl sites for hydroxylation is 1. The highest BCUT2D eigenvalue weighted by molar-refractivity contribution is 7.89. The Morgan fingerprint density at radius 2 is 2.00 bits per heavy atom. The van der Waals surface area contributed by atoms with Crippen LogP contribution in [0.2, 0.25) is 0 Å². The van der Waals surface area contributed by atoms with E-state index in [9.17, 15) is 12.8 Å². The number of furan rings is 1. The zero-order chi connectivity index (χ0) is 14.8. The third kappa shape index (κ3) is 3.17. The van der Waals surface area contributed by atoms with Gasteiger partial charge in [0, 0.05) is 5.69 Å². The summed E-state index contributed by atoms with van der Waals surface area (Å²) in [6.45, 7) is 1.98. The van der Waals surface area contributed by atoms with Gasteiger partial charge in [0.25, 0.3) is 10.0 Å². The van der Waals surface area contributed by atoms with Crippen LogP contribution in [0.4, 0.5) is 10.1 Å². The summed E-state index contributed by atoms with van der Waals surface area (Å²) < 4.78 is 43.5. The lowest BCUT2D eigenvalue weighted by molar-refractivity contribution is 0.417. The van der Waals surface area contributed by atoms with Crippen LogP contribution in [0.5, 0.6) is 0 Å². The molecule has 0 atom stereocenters. The maximum absolute atomic E-state index is 13.1. The van der Waals surface area contributed by atoms with E-state index in [-0.39, 0.29) is 10.9 Å². The molecule has 0 saturated carbocycles. The normalized spacial score (nSPS) is 11.6. The molecular formula is C13H15FN2O3S. The van der Waals surface area contributed by atoms with Gasteiger partial charge in [-0.25, -0.2) is 17.5 Å². The van der Waals surface area contributed by atoms with Gasteiger partial charge in [0.2, 0.25) is 5.09 Å². The summed E-state index contributed by atoms with van der Waals surface area (Å²) in [4.78, 5) is 0. The van der Waals surface area contributed by atoms with E-state index in [2.05, 4.69) is 10.0 Å². The van der Waals surface area contributed by atoms with E-state index in [0.29, 0.717) is 17.9 Å². The van der Waals surface area contributed by atoms with Gasteiger partial charge >= 0.3 is 0 Å². The molecule has 7 heteroatoms. The average molecular weight is 298 g/mol. The monoisotopic (exact) mass is 298 g/mol. The van der Waals surface area contributed by atoms with Crippen LogP contribution in [-0.4, -0.2) is 15.5 Å². The fraction of sp³-hybridized carbons (Fsp3) is 0.231. The van der Waals surface area contributed by atoms with Crippen LogP contribution in [0.3, 0.4) is 0 Å². The van der Waals surface area contributed by atoms with Crippen molar-refractivity contribution >= 4 is 15.7 Å². The van der Waals surface area contributed by atoms with E-state index >= 15 is 0 Å². The van der Waals surface area contributed by atoms with Gasteiger partial charge in [-0.15, -0.1) is 0 Å². The lowest BCUT2D eigenvalue weighted by Gasteiger charge is -2.06. The maximum atomic E-state index is 13.1. The zero-order valence-electron chi connectivity index (χ0n) is 11.1. The summed E-state index contributed by atoms with van der Waals surface area (Å²) in [6.07, 6.45) is 0. The molecule has 1 heterocycles. The summed E-state index contributed by atoms with van der Waals surface area (Å²) >= 11 is 0. The quantitative estimate of drug-likeness (QED) is 0.888. The van der Waals surface area contributed by atoms with Gasteiger partial charge in [0.1, 0.15) is 11.6 Å². The van der Waals surface area contributed by atoms with Crippen molar-refractivity contribution in [3.63, 3.8) is 0 Å². The van der Waals surface area contributed by atoms with Gasteiger partial charge in [0.05, 0.1) is 6.54 Å². The molecule has 0 aliphatic carbocycles. The number of sulfonamides is 1. The third-order valence-corrected chi connectivity index (χ3v) is 4.08. The predicted molar refractivity (Wildman–Crippen MR) is 73.4 cm³/mol. The number of benzene rings is 1. The molecule has 0 amide bonds.